The number of benzene rings is 1. The van der Waals surface area contributed by atoms with Gasteiger partial charge in [-0.25, -0.2) is 0 Å². The fourth-order valence-electron chi connectivity index (χ4n) is 2.83. The number of nitrogens with zero attached hydrogens (tertiary/aromatic N) is 1. The van der Waals surface area contributed by atoms with Crippen LogP contribution in [0.2, 0.25) is 0 Å². The van der Waals surface area contributed by atoms with Crippen molar-refractivity contribution in [2.75, 3.05) is 26.2 Å². The quantitative estimate of drug-likeness (QED) is 0.831. The molecule has 1 aromatic rings. The Morgan fingerprint density at radius 2 is 1.86 bits per heavy atom. The van der Waals surface area contributed by atoms with Crippen LogP contribution >= 0.6 is 12.4 Å². The predicted molar refractivity (Wildman–Crippen MR) is 94.0 cm³/mol. The van der Waals surface area contributed by atoms with E-state index in [1.54, 1.807) is 0 Å². The maximum Gasteiger partial charge on any atom is 0.119 e. The Hall–Kier alpha value is -0.770. The summed E-state index contributed by atoms with van der Waals surface area (Å²) in [5, 5.41) is 10.1. The number of aliphatic hydroxyl groups is 1. The molecule has 126 valence electrons. The predicted octanol–water partition coefficient (Wildman–Crippen LogP) is 3.53. The van der Waals surface area contributed by atoms with Gasteiger partial charge in [-0.2, -0.15) is 0 Å². The Morgan fingerprint density at radius 1 is 1.23 bits per heavy atom. The van der Waals surface area contributed by atoms with Gasteiger partial charge in [0.05, 0.1) is 0 Å². The van der Waals surface area contributed by atoms with Crippen LogP contribution in [0, 0.1) is 5.92 Å². The summed E-state index contributed by atoms with van der Waals surface area (Å²) in [6.07, 6.45) is 4.34. The summed E-state index contributed by atoms with van der Waals surface area (Å²) in [7, 11) is 0. The zero-order chi connectivity index (χ0) is 15.1. The highest BCUT2D eigenvalue weighted by Crippen LogP contribution is 2.17. The third-order valence-electron chi connectivity index (χ3n) is 4.25. The lowest BCUT2D eigenvalue weighted by Crippen LogP contribution is -2.40. The molecule has 1 heterocycles. The standard InChI is InChI=1S/C18H29NO2.ClH/c1-3-4-16-5-7-18(8-6-16)21-14-17(20)13-19-11-9-15(2)10-12-19;/h5-8,15,17,20H,3-4,9-14H2,1-2H3;1H. The van der Waals surface area contributed by atoms with Crippen molar-refractivity contribution in [2.24, 2.45) is 5.92 Å². The van der Waals surface area contributed by atoms with Crippen LogP contribution < -0.4 is 4.74 Å². The normalized spacial score (nSPS) is 17.8. The van der Waals surface area contributed by atoms with Gasteiger partial charge in [0.25, 0.3) is 0 Å². The van der Waals surface area contributed by atoms with E-state index in [1.807, 2.05) is 12.1 Å². The van der Waals surface area contributed by atoms with Gasteiger partial charge >= 0.3 is 0 Å². The number of β-amino-alcohol motifs (C(OH)–C–C–N with tert-alkyl or cyclic N) is 1. The second kappa shape index (κ2) is 10.1. The molecule has 2 rings (SSSR count). The van der Waals surface area contributed by atoms with Crippen molar-refractivity contribution in [1.29, 1.82) is 0 Å². The number of likely N-dealkylation sites (tertiary alicyclic amines) is 1. The minimum absolute atomic E-state index is 0. The number of aliphatic hydroxyl groups excluding tert-OH is 1. The van der Waals surface area contributed by atoms with Crippen molar-refractivity contribution in [3.63, 3.8) is 0 Å². The first kappa shape index (κ1) is 19.3. The van der Waals surface area contributed by atoms with Crippen LogP contribution in [0.5, 0.6) is 5.75 Å². The average Bonchev–Trinajstić information content (AvgIpc) is 2.49. The summed E-state index contributed by atoms with van der Waals surface area (Å²) in [6, 6.07) is 8.22. The van der Waals surface area contributed by atoms with Gasteiger partial charge in [-0.3, -0.25) is 0 Å². The van der Waals surface area contributed by atoms with Crippen molar-refractivity contribution in [1.82, 2.24) is 4.90 Å². The molecule has 1 aromatic carbocycles. The highest BCUT2D eigenvalue weighted by atomic mass is 35.5. The molecule has 0 aromatic heterocycles. The summed E-state index contributed by atoms with van der Waals surface area (Å²) >= 11 is 0. The monoisotopic (exact) mass is 327 g/mol. The highest BCUT2D eigenvalue weighted by molar-refractivity contribution is 5.85. The molecular formula is C18H30ClNO2. The number of aryl methyl sites for hydroxylation is 1. The Kier molecular flexibility index (Phi) is 8.84. The first-order valence-corrected chi connectivity index (χ1v) is 8.29. The minimum Gasteiger partial charge on any atom is -0.491 e. The van der Waals surface area contributed by atoms with Crippen LogP contribution in [0.1, 0.15) is 38.7 Å². The smallest absolute Gasteiger partial charge is 0.119 e. The maximum atomic E-state index is 10.1. The number of hydrogen-bond acceptors (Lipinski definition) is 3. The summed E-state index contributed by atoms with van der Waals surface area (Å²) in [5.74, 6) is 1.68. The number of halogens is 1. The first-order valence-electron chi connectivity index (χ1n) is 8.29. The highest BCUT2D eigenvalue weighted by Gasteiger charge is 2.18. The molecule has 1 unspecified atom stereocenters. The molecule has 1 saturated heterocycles. The van der Waals surface area contributed by atoms with Crippen LogP contribution in [0.4, 0.5) is 0 Å². The third-order valence-corrected chi connectivity index (χ3v) is 4.25. The summed E-state index contributed by atoms with van der Waals surface area (Å²) in [6.45, 7) is 7.79. The average molecular weight is 328 g/mol. The third kappa shape index (κ3) is 6.55. The van der Waals surface area contributed by atoms with Crippen molar-refractivity contribution in [2.45, 2.75) is 45.6 Å². The largest absolute Gasteiger partial charge is 0.491 e. The molecule has 1 atom stereocenters. The van der Waals surface area contributed by atoms with Gasteiger partial charge in [0, 0.05) is 6.54 Å². The van der Waals surface area contributed by atoms with E-state index in [0.717, 1.165) is 44.1 Å². The fraction of sp³-hybridized carbons (Fsp3) is 0.667. The summed E-state index contributed by atoms with van der Waals surface area (Å²) < 4.78 is 5.69. The zero-order valence-electron chi connectivity index (χ0n) is 13.8. The molecule has 0 spiro atoms. The molecule has 1 N–H and O–H groups in total. The molecule has 1 fully saturated rings. The molecular weight excluding hydrogens is 298 g/mol. The van der Waals surface area contributed by atoms with E-state index in [4.69, 9.17) is 4.74 Å². The molecule has 0 aliphatic carbocycles. The first-order chi connectivity index (χ1) is 10.2. The number of hydrogen-bond donors (Lipinski definition) is 1. The molecule has 22 heavy (non-hydrogen) atoms. The summed E-state index contributed by atoms with van der Waals surface area (Å²) in [4.78, 5) is 2.35. The van der Waals surface area contributed by atoms with E-state index in [9.17, 15) is 5.11 Å². The van der Waals surface area contributed by atoms with Crippen LogP contribution in [-0.4, -0.2) is 42.4 Å². The van der Waals surface area contributed by atoms with E-state index in [1.165, 1.54) is 18.4 Å². The number of rotatable bonds is 7. The van der Waals surface area contributed by atoms with Gasteiger partial charge in [0.15, 0.2) is 0 Å². The number of ether oxygens (including phenoxy) is 1. The van der Waals surface area contributed by atoms with Crippen LogP contribution in [0.15, 0.2) is 24.3 Å². The molecule has 1 aliphatic rings. The van der Waals surface area contributed by atoms with Crippen molar-refractivity contribution in [3.8, 4) is 5.75 Å². The Bertz CT molecular complexity index is 402. The number of piperidine rings is 1. The van der Waals surface area contributed by atoms with Gasteiger partial charge in [-0.1, -0.05) is 32.4 Å². The fourth-order valence-corrected chi connectivity index (χ4v) is 2.83. The summed E-state index contributed by atoms with van der Waals surface area (Å²) in [5.41, 5.74) is 1.34. The van der Waals surface area contributed by atoms with E-state index >= 15 is 0 Å². The molecule has 1 aliphatic heterocycles. The Morgan fingerprint density at radius 3 is 2.45 bits per heavy atom. The lowest BCUT2D eigenvalue weighted by atomic mass is 9.99. The van der Waals surface area contributed by atoms with Crippen molar-refractivity contribution < 1.29 is 9.84 Å². The van der Waals surface area contributed by atoms with Crippen molar-refractivity contribution >= 4 is 12.4 Å². The SMILES string of the molecule is CCCc1ccc(OCC(O)CN2CCC(C)CC2)cc1.Cl. The maximum absolute atomic E-state index is 10.1. The minimum atomic E-state index is -0.409. The van der Waals surface area contributed by atoms with Gasteiger partial charge in [0.2, 0.25) is 0 Å². The molecule has 0 bridgehead atoms. The van der Waals surface area contributed by atoms with Gasteiger partial charge < -0.3 is 14.7 Å². The van der Waals surface area contributed by atoms with Crippen LogP contribution in [0.3, 0.4) is 0 Å². The molecule has 0 saturated carbocycles. The molecule has 0 amide bonds. The molecule has 3 nitrogen and oxygen atoms in total. The van der Waals surface area contributed by atoms with E-state index in [-0.39, 0.29) is 12.4 Å². The second-order valence-corrected chi connectivity index (χ2v) is 6.34. The lowest BCUT2D eigenvalue weighted by molar-refractivity contribution is 0.0563. The van der Waals surface area contributed by atoms with Gasteiger partial charge in [-0.15, -0.1) is 12.4 Å². The van der Waals surface area contributed by atoms with E-state index in [0.29, 0.717) is 6.61 Å². The van der Waals surface area contributed by atoms with E-state index < -0.39 is 6.10 Å². The zero-order valence-corrected chi connectivity index (χ0v) is 14.6. The van der Waals surface area contributed by atoms with Gasteiger partial charge in [0.1, 0.15) is 18.5 Å². The van der Waals surface area contributed by atoms with Gasteiger partial charge in [-0.05, 0) is 56.0 Å². The Balaban J connectivity index is 0.00000242. The van der Waals surface area contributed by atoms with Crippen LogP contribution in [0.25, 0.3) is 0 Å². The van der Waals surface area contributed by atoms with Crippen molar-refractivity contribution in [3.05, 3.63) is 29.8 Å². The lowest BCUT2D eigenvalue weighted by Gasteiger charge is -2.31. The van der Waals surface area contributed by atoms with E-state index in [2.05, 4.69) is 30.9 Å². The Labute approximate surface area is 141 Å². The molecule has 4 heteroatoms. The van der Waals surface area contributed by atoms with Crippen LogP contribution in [-0.2, 0) is 6.42 Å². The molecule has 0 radical (unpaired) electrons. The second-order valence-electron chi connectivity index (χ2n) is 6.34. The topological polar surface area (TPSA) is 32.7 Å².